The van der Waals surface area contributed by atoms with Crippen molar-refractivity contribution in [3.8, 4) is 28.8 Å². The standard InChI is InChI=1S/C23H24N4O5S/c1-15-8-11-17(12-9-15)33(28,29)24-14-21-25-26-23(20-13-10-16(2)32-20)27(21)22-18(30-3)6-5-7-19(22)31-4/h5-13,24H,14H2,1-4H3. The van der Waals surface area contributed by atoms with Crippen molar-refractivity contribution >= 4 is 10.0 Å². The molecule has 0 saturated carbocycles. The first-order chi connectivity index (χ1) is 15.8. The highest BCUT2D eigenvalue weighted by Gasteiger charge is 2.25. The maximum absolute atomic E-state index is 12.9. The fraction of sp³-hybridized carbons (Fsp3) is 0.217. The molecule has 0 aliphatic carbocycles. The maximum Gasteiger partial charge on any atom is 0.240 e. The van der Waals surface area contributed by atoms with Crippen molar-refractivity contribution in [1.82, 2.24) is 19.5 Å². The van der Waals surface area contributed by atoms with Gasteiger partial charge in [0.25, 0.3) is 0 Å². The Morgan fingerprint density at radius 2 is 1.61 bits per heavy atom. The van der Waals surface area contributed by atoms with Gasteiger partial charge in [0.05, 0.1) is 25.7 Å². The molecule has 0 amide bonds. The highest BCUT2D eigenvalue weighted by atomic mass is 32.2. The summed E-state index contributed by atoms with van der Waals surface area (Å²) in [6.45, 7) is 3.60. The van der Waals surface area contributed by atoms with Crippen molar-refractivity contribution in [3.05, 3.63) is 71.7 Å². The van der Waals surface area contributed by atoms with E-state index in [1.807, 2.05) is 19.9 Å². The van der Waals surface area contributed by atoms with Crippen molar-refractivity contribution in [2.45, 2.75) is 25.3 Å². The molecule has 0 aliphatic rings. The molecule has 2 heterocycles. The van der Waals surface area contributed by atoms with Crippen LogP contribution >= 0.6 is 0 Å². The number of methoxy groups -OCH3 is 2. The van der Waals surface area contributed by atoms with E-state index < -0.39 is 10.0 Å². The van der Waals surface area contributed by atoms with Gasteiger partial charge in [-0.25, -0.2) is 13.1 Å². The molecule has 0 atom stereocenters. The molecule has 33 heavy (non-hydrogen) atoms. The minimum atomic E-state index is -3.77. The Kier molecular flexibility index (Phi) is 6.21. The quantitative estimate of drug-likeness (QED) is 0.420. The molecule has 0 bridgehead atoms. The van der Waals surface area contributed by atoms with Crippen LogP contribution in [0.25, 0.3) is 17.3 Å². The van der Waals surface area contributed by atoms with Crippen LogP contribution in [0.5, 0.6) is 11.5 Å². The van der Waals surface area contributed by atoms with Crippen molar-refractivity contribution in [3.63, 3.8) is 0 Å². The van der Waals surface area contributed by atoms with Gasteiger partial charge in [0.2, 0.25) is 15.8 Å². The first-order valence-corrected chi connectivity index (χ1v) is 11.6. The third-order valence-electron chi connectivity index (χ3n) is 5.07. The third-order valence-corrected chi connectivity index (χ3v) is 6.48. The predicted molar refractivity (Wildman–Crippen MR) is 122 cm³/mol. The van der Waals surface area contributed by atoms with Gasteiger partial charge >= 0.3 is 0 Å². The topological polar surface area (TPSA) is 108 Å². The Hall–Kier alpha value is -3.63. The first-order valence-electron chi connectivity index (χ1n) is 10.1. The first kappa shape index (κ1) is 22.6. The number of hydrogen-bond donors (Lipinski definition) is 1. The normalized spacial score (nSPS) is 11.5. The number of rotatable bonds is 8. The molecule has 0 unspecified atom stereocenters. The van der Waals surface area contributed by atoms with E-state index >= 15 is 0 Å². The Morgan fingerprint density at radius 1 is 0.939 bits per heavy atom. The molecule has 0 radical (unpaired) electrons. The van der Waals surface area contributed by atoms with Gasteiger partial charge in [0.15, 0.2) is 11.6 Å². The van der Waals surface area contributed by atoms with Crippen LogP contribution in [0.15, 0.2) is 63.9 Å². The number of benzene rings is 2. The summed E-state index contributed by atoms with van der Waals surface area (Å²) in [5, 5.41) is 8.54. The largest absolute Gasteiger partial charge is 0.494 e. The number of nitrogens with one attached hydrogen (secondary N) is 1. The summed E-state index contributed by atoms with van der Waals surface area (Å²) in [4.78, 5) is 0.163. The number of hydrogen-bond acceptors (Lipinski definition) is 7. The summed E-state index contributed by atoms with van der Waals surface area (Å²) < 4.78 is 46.9. The van der Waals surface area contributed by atoms with Crippen LogP contribution in [0.4, 0.5) is 0 Å². The van der Waals surface area contributed by atoms with Crippen LogP contribution < -0.4 is 14.2 Å². The molecule has 4 rings (SSSR count). The number of aromatic nitrogens is 3. The molecular formula is C23H24N4O5S. The van der Waals surface area contributed by atoms with Crippen molar-refractivity contribution in [2.24, 2.45) is 0 Å². The summed E-state index contributed by atoms with van der Waals surface area (Å²) in [7, 11) is -0.692. The zero-order valence-corrected chi connectivity index (χ0v) is 19.5. The lowest BCUT2D eigenvalue weighted by atomic mass is 10.2. The van der Waals surface area contributed by atoms with Crippen LogP contribution in [-0.2, 0) is 16.6 Å². The molecule has 1 N–H and O–H groups in total. The SMILES string of the molecule is COc1cccc(OC)c1-n1c(CNS(=O)(=O)c2ccc(C)cc2)nnc1-c1ccc(C)o1. The van der Waals surface area contributed by atoms with E-state index in [2.05, 4.69) is 14.9 Å². The third kappa shape index (κ3) is 4.48. The van der Waals surface area contributed by atoms with Gasteiger partial charge < -0.3 is 13.9 Å². The second-order valence-corrected chi connectivity index (χ2v) is 9.10. The smallest absolute Gasteiger partial charge is 0.240 e. The Morgan fingerprint density at radius 3 is 2.18 bits per heavy atom. The van der Waals surface area contributed by atoms with Gasteiger partial charge in [0, 0.05) is 0 Å². The highest BCUT2D eigenvalue weighted by Crippen LogP contribution is 2.36. The molecule has 2 aromatic heterocycles. The lowest BCUT2D eigenvalue weighted by molar-refractivity contribution is 0.390. The second-order valence-electron chi connectivity index (χ2n) is 7.33. The van der Waals surface area contributed by atoms with E-state index in [0.717, 1.165) is 5.56 Å². The summed E-state index contributed by atoms with van der Waals surface area (Å²) >= 11 is 0. The minimum Gasteiger partial charge on any atom is -0.494 e. The molecule has 172 valence electrons. The highest BCUT2D eigenvalue weighted by molar-refractivity contribution is 7.89. The van der Waals surface area contributed by atoms with Gasteiger partial charge in [-0.1, -0.05) is 23.8 Å². The van der Waals surface area contributed by atoms with Gasteiger partial charge in [-0.3, -0.25) is 4.57 Å². The van der Waals surface area contributed by atoms with E-state index in [-0.39, 0.29) is 11.4 Å². The molecule has 9 nitrogen and oxygen atoms in total. The number of para-hydroxylation sites is 1. The van der Waals surface area contributed by atoms with Gasteiger partial charge in [-0.15, -0.1) is 10.2 Å². The van der Waals surface area contributed by atoms with Crippen LogP contribution in [0, 0.1) is 13.8 Å². The molecule has 4 aromatic rings. The summed E-state index contributed by atoms with van der Waals surface area (Å²) in [6.07, 6.45) is 0. The summed E-state index contributed by atoms with van der Waals surface area (Å²) in [5.41, 5.74) is 1.50. The molecule has 0 saturated heterocycles. The maximum atomic E-state index is 12.9. The number of nitrogens with zero attached hydrogens (tertiary/aromatic N) is 3. The van der Waals surface area contributed by atoms with Gasteiger partial charge in [-0.05, 0) is 50.2 Å². The second kappa shape index (κ2) is 9.08. The Balaban J connectivity index is 1.80. The number of sulfonamides is 1. The van der Waals surface area contributed by atoms with E-state index in [9.17, 15) is 8.42 Å². The van der Waals surface area contributed by atoms with Gasteiger partial charge in [-0.2, -0.15) is 0 Å². The minimum absolute atomic E-state index is 0.121. The fourth-order valence-electron chi connectivity index (χ4n) is 3.39. The van der Waals surface area contributed by atoms with E-state index in [4.69, 9.17) is 13.9 Å². The van der Waals surface area contributed by atoms with E-state index in [1.165, 1.54) is 0 Å². The zero-order chi connectivity index (χ0) is 23.6. The van der Waals surface area contributed by atoms with E-state index in [1.54, 1.807) is 67.3 Å². The fourth-order valence-corrected chi connectivity index (χ4v) is 4.37. The van der Waals surface area contributed by atoms with Gasteiger partial charge in [0.1, 0.15) is 22.9 Å². The monoisotopic (exact) mass is 468 g/mol. The molecule has 0 spiro atoms. The lowest BCUT2D eigenvalue weighted by Crippen LogP contribution is -2.25. The average molecular weight is 469 g/mol. The molecule has 2 aromatic carbocycles. The molecular weight excluding hydrogens is 444 g/mol. The van der Waals surface area contributed by atoms with Crippen molar-refractivity contribution in [1.29, 1.82) is 0 Å². The number of ether oxygens (including phenoxy) is 2. The van der Waals surface area contributed by atoms with Crippen LogP contribution in [-0.4, -0.2) is 37.4 Å². The van der Waals surface area contributed by atoms with Crippen molar-refractivity contribution in [2.75, 3.05) is 14.2 Å². The lowest BCUT2D eigenvalue weighted by Gasteiger charge is -2.17. The van der Waals surface area contributed by atoms with Crippen molar-refractivity contribution < 1.29 is 22.3 Å². The van der Waals surface area contributed by atoms with Crippen LogP contribution in [0.1, 0.15) is 17.1 Å². The molecule has 0 aliphatic heterocycles. The Bertz CT molecular complexity index is 1350. The Labute approximate surface area is 192 Å². The van der Waals surface area contributed by atoms with E-state index in [0.29, 0.717) is 40.4 Å². The van der Waals surface area contributed by atoms with Crippen LogP contribution in [0.2, 0.25) is 0 Å². The summed E-state index contributed by atoms with van der Waals surface area (Å²) in [5.74, 6) is 2.89. The molecule has 0 fully saturated rings. The summed E-state index contributed by atoms with van der Waals surface area (Å²) in [6, 6.07) is 15.5. The zero-order valence-electron chi connectivity index (χ0n) is 18.7. The number of aryl methyl sites for hydroxylation is 2. The van der Waals surface area contributed by atoms with Crippen LogP contribution in [0.3, 0.4) is 0 Å². The molecule has 10 heteroatoms. The average Bonchev–Trinajstić information content (AvgIpc) is 3.43. The number of furan rings is 1. The predicted octanol–water partition coefficient (Wildman–Crippen LogP) is 3.64.